The first-order chi connectivity index (χ1) is 13.1. The Balaban J connectivity index is 1.45. The van der Waals surface area contributed by atoms with E-state index >= 15 is 0 Å². The van der Waals surface area contributed by atoms with Crippen LogP contribution in [-0.2, 0) is 13.6 Å². The van der Waals surface area contributed by atoms with Crippen LogP contribution in [0.3, 0.4) is 0 Å². The van der Waals surface area contributed by atoms with Crippen LogP contribution in [0.25, 0.3) is 0 Å². The highest BCUT2D eigenvalue weighted by Crippen LogP contribution is 2.40. The minimum atomic E-state index is 0.0322. The van der Waals surface area contributed by atoms with Crippen LogP contribution < -0.4 is 15.2 Å². The Kier molecular flexibility index (Phi) is 4.95. The van der Waals surface area contributed by atoms with Crippen molar-refractivity contribution in [2.24, 2.45) is 7.05 Å². The number of ether oxygens (including phenoxy) is 2. The molecule has 0 bridgehead atoms. The molecule has 2 fully saturated rings. The number of methoxy groups -OCH3 is 2. The lowest BCUT2D eigenvalue weighted by molar-refractivity contribution is 0.174. The number of nitrogens with zero attached hydrogens (tertiary/aromatic N) is 4. The van der Waals surface area contributed by atoms with Crippen LogP contribution in [0.15, 0.2) is 23.0 Å². The molecule has 7 heteroatoms. The number of likely N-dealkylation sites (tertiary alicyclic amines) is 1. The number of rotatable bonds is 6. The molecule has 0 spiro atoms. The number of piperidine rings is 1. The molecule has 0 atom stereocenters. The zero-order valence-electron chi connectivity index (χ0n) is 16.4. The van der Waals surface area contributed by atoms with Gasteiger partial charge in [-0.25, -0.2) is 9.48 Å². The first kappa shape index (κ1) is 18.1. The average Bonchev–Trinajstić information content (AvgIpc) is 3.49. The Morgan fingerprint density at radius 1 is 1.11 bits per heavy atom. The maximum Gasteiger partial charge on any atom is 0.345 e. The van der Waals surface area contributed by atoms with Crippen LogP contribution in [0, 0.1) is 0 Å². The lowest BCUT2D eigenvalue weighted by Crippen LogP contribution is -2.37. The van der Waals surface area contributed by atoms with E-state index in [2.05, 4.69) is 16.1 Å². The van der Waals surface area contributed by atoms with Gasteiger partial charge in [-0.1, -0.05) is 12.1 Å². The topological polar surface area (TPSA) is 61.5 Å². The molecule has 1 saturated carbocycles. The van der Waals surface area contributed by atoms with Crippen molar-refractivity contribution < 1.29 is 9.47 Å². The predicted molar refractivity (Wildman–Crippen MR) is 103 cm³/mol. The van der Waals surface area contributed by atoms with Crippen molar-refractivity contribution in [2.75, 3.05) is 27.3 Å². The molecule has 1 aliphatic carbocycles. The van der Waals surface area contributed by atoms with Crippen molar-refractivity contribution in [2.45, 2.75) is 44.2 Å². The second-order valence-electron chi connectivity index (χ2n) is 7.57. The Hall–Kier alpha value is -2.28. The highest BCUT2D eigenvalue weighted by Gasteiger charge is 2.34. The number of benzene rings is 1. The maximum atomic E-state index is 12.6. The van der Waals surface area contributed by atoms with Gasteiger partial charge < -0.3 is 9.47 Å². The standard InChI is InChI=1S/C20H28N4O3/c1-22-20(25)24(19(21-22)14-7-8-14)16-9-11-23(12-10-16)13-15-5-4-6-17(26-2)18(15)27-3/h4-6,14,16H,7-13H2,1-3H3. The van der Waals surface area contributed by atoms with Crippen LogP contribution in [-0.4, -0.2) is 46.6 Å². The van der Waals surface area contributed by atoms with E-state index in [1.807, 2.05) is 16.7 Å². The monoisotopic (exact) mass is 372 g/mol. The molecule has 1 saturated heterocycles. The van der Waals surface area contributed by atoms with Gasteiger partial charge in [0.15, 0.2) is 11.5 Å². The van der Waals surface area contributed by atoms with Crippen LogP contribution in [0.2, 0.25) is 0 Å². The molecular weight excluding hydrogens is 344 g/mol. The summed E-state index contributed by atoms with van der Waals surface area (Å²) in [6.45, 7) is 2.73. The van der Waals surface area contributed by atoms with Gasteiger partial charge in [0, 0.05) is 44.2 Å². The molecule has 1 aromatic carbocycles. The van der Waals surface area contributed by atoms with Gasteiger partial charge in [-0.15, -0.1) is 0 Å². The van der Waals surface area contributed by atoms with Gasteiger partial charge in [-0.3, -0.25) is 9.47 Å². The largest absolute Gasteiger partial charge is 0.493 e. The second kappa shape index (κ2) is 7.38. The van der Waals surface area contributed by atoms with Gasteiger partial charge in [-0.05, 0) is 31.7 Å². The fraction of sp³-hybridized carbons (Fsp3) is 0.600. The van der Waals surface area contributed by atoms with Crippen LogP contribution in [0.4, 0.5) is 0 Å². The van der Waals surface area contributed by atoms with E-state index in [0.717, 1.165) is 68.2 Å². The smallest absolute Gasteiger partial charge is 0.345 e. The van der Waals surface area contributed by atoms with E-state index in [0.29, 0.717) is 5.92 Å². The number of aromatic nitrogens is 3. The fourth-order valence-corrected chi connectivity index (χ4v) is 4.12. The molecule has 7 nitrogen and oxygen atoms in total. The molecule has 2 aliphatic rings. The minimum Gasteiger partial charge on any atom is -0.493 e. The summed E-state index contributed by atoms with van der Waals surface area (Å²) < 4.78 is 14.4. The van der Waals surface area contributed by atoms with Gasteiger partial charge in [-0.2, -0.15) is 5.10 Å². The Morgan fingerprint density at radius 2 is 1.85 bits per heavy atom. The molecule has 0 radical (unpaired) electrons. The third kappa shape index (κ3) is 3.48. The molecule has 0 amide bonds. The maximum absolute atomic E-state index is 12.6. The van der Waals surface area contributed by atoms with Crippen LogP contribution in [0.1, 0.15) is 49.0 Å². The molecule has 2 heterocycles. The quantitative estimate of drug-likeness (QED) is 0.779. The SMILES string of the molecule is COc1cccc(CN2CCC(n3c(C4CC4)nn(C)c3=O)CC2)c1OC. The lowest BCUT2D eigenvalue weighted by Gasteiger charge is -2.33. The molecule has 1 aliphatic heterocycles. The summed E-state index contributed by atoms with van der Waals surface area (Å²) in [6.07, 6.45) is 4.26. The van der Waals surface area contributed by atoms with Crippen LogP contribution in [0.5, 0.6) is 11.5 Å². The Morgan fingerprint density at radius 3 is 2.48 bits per heavy atom. The van der Waals surface area contributed by atoms with Gasteiger partial charge in [0.25, 0.3) is 0 Å². The van der Waals surface area contributed by atoms with E-state index in [1.54, 1.807) is 21.3 Å². The molecule has 4 rings (SSSR count). The van der Waals surface area contributed by atoms with Crippen molar-refractivity contribution in [3.63, 3.8) is 0 Å². The summed E-state index contributed by atoms with van der Waals surface area (Å²) in [5.41, 5.74) is 1.16. The van der Waals surface area contributed by atoms with Crippen LogP contribution >= 0.6 is 0 Å². The van der Waals surface area contributed by atoms with Gasteiger partial charge in [0.1, 0.15) is 5.82 Å². The first-order valence-corrected chi connectivity index (χ1v) is 9.70. The molecule has 1 aromatic heterocycles. The van der Waals surface area contributed by atoms with Gasteiger partial charge in [0.05, 0.1) is 14.2 Å². The summed E-state index contributed by atoms with van der Waals surface area (Å²) in [5, 5.41) is 4.50. The summed E-state index contributed by atoms with van der Waals surface area (Å²) >= 11 is 0. The summed E-state index contributed by atoms with van der Waals surface area (Å²) in [6, 6.07) is 6.26. The molecule has 27 heavy (non-hydrogen) atoms. The first-order valence-electron chi connectivity index (χ1n) is 9.70. The van der Waals surface area contributed by atoms with E-state index in [-0.39, 0.29) is 11.7 Å². The highest BCUT2D eigenvalue weighted by atomic mass is 16.5. The van der Waals surface area contributed by atoms with Crippen molar-refractivity contribution in [1.29, 1.82) is 0 Å². The third-order valence-electron chi connectivity index (χ3n) is 5.73. The molecular formula is C20H28N4O3. The molecule has 0 unspecified atom stereocenters. The average molecular weight is 372 g/mol. The zero-order chi connectivity index (χ0) is 19.0. The van der Waals surface area contributed by atoms with Crippen molar-refractivity contribution in [3.8, 4) is 11.5 Å². The molecule has 2 aromatic rings. The number of hydrogen-bond donors (Lipinski definition) is 0. The minimum absolute atomic E-state index is 0.0322. The normalized spacial score (nSPS) is 18.6. The van der Waals surface area contributed by atoms with E-state index in [9.17, 15) is 4.79 Å². The van der Waals surface area contributed by atoms with E-state index in [4.69, 9.17) is 9.47 Å². The summed E-state index contributed by atoms with van der Waals surface area (Å²) in [7, 11) is 5.10. The fourth-order valence-electron chi connectivity index (χ4n) is 4.12. The number of hydrogen-bond acceptors (Lipinski definition) is 5. The third-order valence-corrected chi connectivity index (χ3v) is 5.73. The lowest BCUT2D eigenvalue weighted by atomic mass is 10.0. The van der Waals surface area contributed by atoms with Crippen molar-refractivity contribution in [3.05, 3.63) is 40.1 Å². The number of aryl methyl sites for hydroxylation is 1. The highest BCUT2D eigenvalue weighted by molar-refractivity contribution is 5.46. The molecule has 0 N–H and O–H groups in total. The predicted octanol–water partition coefficient (Wildman–Crippen LogP) is 2.31. The number of para-hydroxylation sites is 1. The van der Waals surface area contributed by atoms with E-state index in [1.165, 1.54) is 4.68 Å². The van der Waals surface area contributed by atoms with Crippen molar-refractivity contribution in [1.82, 2.24) is 19.2 Å². The van der Waals surface area contributed by atoms with Gasteiger partial charge >= 0.3 is 5.69 Å². The van der Waals surface area contributed by atoms with Gasteiger partial charge in [0.2, 0.25) is 0 Å². The van der Waals surface area contributed by atoms with E-state index < -0.39 is 0 Å². The Bertz CT molecular complexity index is 861. The second-order valence-corrected chi connectivity index (χ2v) is 7.57. The summed E-state index contributed by atoms with van der Waals surface area (Å²) in [4.78, 5) is 15.0. The Labute approximate surface area is 159 Å². The summed E-state index contributed by atoms with van der Waals surface area (Å²) in [5.74, 6) is 3.05. The van der Waals surface area contributed by atoms with Crippen molar-refractivity contribution >= 4 is 0 Å². The zero-order valence-corrected chi connectivity index (χ0v) is 16.4. The molecule has 146 valence electrons.